The molecule has 1 aromatic carbocycles. The van der Waals surface area contributed by atoms with E-state index in [9.17, 15) is 0 Å². The van der Waals surface area contributed by atoms with Gasteiger partial charge in [-0.1, -0.05) is 15.9 Å². The van der Waals surface area contributed by atoms with E-state index in [1.165, 1.54) is 11.1 Å². The Morgan fingerprint density at radius 1 is 1.42 bits per heavy atom. The molecule has 2 aromatic rings. The van der Waals surface area contributed by atoms with Crippen molar-refractivity contribution in [3.05, 3.63) is 39.9 Å². The van der Waals surface area contributed by atoms with Crippen LogP contribution in [-0.2, 0) is 26.6 Å². The molecule has 1 aliphatic heterocycles. The molecule has 100 valence electrons. The van der Waals surface area contributed by atoms with Crippen molar-refractivity contribution in [3.63, 3.8) is 0 Å². The fourth-order valence-electron chi connectivity index (χ4n) is 2.25. The summed E-state index contributed by atoms with van der Waals surface area (Å²) >= 11 is 3.54. The SMILES string of the molecule is Cn1cnc(CNCc2cc(Br)cc3c2OCC3)n1. The van der Waals surface area contributed by atoms with E-state index in [1.54, 1.807) is 11.0 Å². The normalized spacial score (nSPS) is 13.4. The largest absolute Gasteiger partial charge is 0.493 e. The molecule has 0 aliphatic carbocycles. The van der Waals surface area contributed by atoms with Crippen LogP contribution < -0.4 is 10.1 Å². The molecule has 0 saturated carbocycles. The van der Waals surface area contributed by atoms with Crippen LogP contribution >= 0.6 is 15.9 Å². The molecule has 1 N–H and O–H groups in total. The highest BCUT2D eigenvalue weighted by Crippen LogP contribution is 2.32. The molecule has 0 radical (unpaired) electrons. The number of nitrogens with zero attached hydrogens (tertiary/aromatic N) is 3. The van der Waals surface area contributed by atoms with Crippen LogP contribution in [0.2, 0.25) is 0 Å². The summed E-state index contributed by atoms with van der Waals surface area (Å²) in [6.45, 7) is 2.18. The van der Waals surface area contributed by atoms with E-state index in [4.69, 9.17) is 4.74 Å². The van der Waals surface area contributed by atoms with Gasteiger partial charge in [0.05, 0.1) is 13.2 Å². The lowest BCUT2D eigenvalue weighted by molar-refractivity contribution is 0.352. The summed E-state index contributed by atoms with van der Waals surface area (Å²) in [7, 11) is 1.87. The lowest BCUT2D eigenvalue weighted by atomic mass is 10.1. The molecule has 6 heteroatoms. The fourth-order valence-corrected chi connectivity index (χ4v) is 2.80. The van der Waals surface area contributed by atoms with Crippen LogP contribution in [0.3, 0.4) is 0 Å². The van der Waals surface area contributed by atoms with E-state index >= 15 is 0 Å². The van der Waals surface area contributed by atoms with Crippen molar-refractivity contribution in [2.75, 3.05) is 6.61 Å². The molecule has 0 bridgehead atoms. The molecular weight excluding hydrogens is 308 g/mol. The number of ether oxygens (including phenoxy) is 1. The van der Waals surface area contributed by atoms with Crippen LogP contribution in [0.25, 0.3) is 0 Å². The molecule has 19 heavy (non-hydrogen) atoms. The van der Waals surface area contributed by atoms with Gasteiger partial charge in [-0.05, 0) is 17.7 Å². The van der Waals surface area contributed by atoms with Crippen LogP contribution in [0.1, 0.15) is 17.0 Å². The van der Waals surface area contributed by atoms with Crippen LogP contribution in [0.4, 0.5) is 0 Å². The highest BCUT2D eigenvalue weighted by atomic mass is 79.9. The average molecular weight is 323 g/mol. The smallest absolute Gasteiger partial charge is 0.164 e. The molecule has 2 heterocycles. The Morgan fingerprint density at radius 3 is 3.11 bits per heavy atom. The molecule has 0 amide bonds. The topological polar surface area (TPSA) is 52.0 Å². The summed E-state index contributed by atoms with van der Waals surface area (Å²) in [5.74, 6) is 1.83. The van der Waals surface area contributed by atoms with E-state index in [-0.39, 0.29) is 0 Å². The van der Waals surface area contributed by atoms with Crippen molar-refractivity contribution in [2.45, 2.75) is 19.5 Å². The maximum Gasteiger partial charge on any atom is 0.164 e. The van der Waals surface area contributed by atoms with Gasteiger partial charge in [-0.3, -0.25) is 4.68 Å². The molecule has 5 nitrogen and oxygen atoms in total. The summed E-state index contributed by atoms with van der Waals surface area (Å²) in [6.07, 6.45) is 2.69. The number of hydrogen-bond acceptors (Lipinski definition) is 4. The van der Waals surface area contributed by atoms with Gasteiger partial charge in [-0.2, -0.15) is 5.10 Å². The highest BCUT2D eigenvalue weighted by molar-refractivity contribution is 9.10. The molecule has 1 aromatic heterocycles. The number of fused-ring (bicyclic) bond motifs is 1. The molecule has 0 unspecified atom stereocenters. The Bertz CT molecular complexity index is 596. The Labute approximate surface area is 120 Å². The zero-order valence-electron chi connectivity index (χ0n) is 10.7. The molecule has 0 fully saturated rings. The Morgan fingerprint density at radius 2 is 2.32 bits per heavy atom. The maximum atomic E-state index is 5.70. The number of halogens is 1. The van der Waals surface area contributed by atoms with Gasteiger partial charge >= 0.3 is 0 Å². The number of rotatable bonds is 4. The number of benzene rings is 1. The fraction of sp³-hybridized carbons (Fsp3) is 0.385. The van der Waals surface area contributed by atoms with E-state index in [0.29, 0.717) is 6.54 Å². The molecule has 1 aliphatic rings. The van der Waals surface area contributed by atoms with E-state index < -0.39 is 0 Å². The van der Waals surface area contributed by atoms with Crippen LogP contribution in [0.15, 0.2) is 22.9 Å². The predicted octanol–water partition coefficient (Wildman–Crippen LogP) is 1.80. The summed E-state index contributed by atoms with van der Waals surface area (Å²) in [5.41, 5.74) is 2.46. The third-order valence-electron chi connectivity index (χ3n) is 3.07. The van der Waals surface area contributed by atoms with Crippen molar-refractivity contribution in [1.82, 2.24) is 20.1 Å². The van der Waals surface area contributed by atoms with Crippen molar-refractivity contribution >= 4 is 15.9 Å². The summed E-state index contributed by atoms with van der Waals surface area (Å²) in [4.78, 5) is 4.19. The molecule has 0 saturated heterocycles. The Hall–Kier alpha value is -1.40. The van der Waals surface area contributed by atoms with Gasteiger partial charge in [0.25, 0.3) is 0 Å². The highest BCUT2D eigenvalue weighted by Gasteiger charge is 2.17. The molecule has 0 spiro atoms. The first-order chi connectivity index (χ1) is 9.22. The van der Waals surface area contributed by atoms with Gasteiger partial charge in [-0.15, -0.1) is 0 Å². The molecule has 0 atom stereocenters. The second-order valence-electron chi connectivity index (χ2n) is 4.59. The number of nitrogens with one attached hydrogen (secondary N) is 1. The minimum atomic E-state index is 0.655. The van der Waals surface area contributed by atoms with Crippen LogP contribution in [-0.4, -0.2) is 21.4 Å². The first-order valence-corrected chi connectivity index (χ1v) is 7.01. The van der Waals surface area contributed by atoms with Gasteiger partial charge in [-0.25, -0.2) is 4.98 Å². The average Bonchev–Trinajstić information content (AvgIpc) is 2.98. The predicted molar refractivity (Wildman–Crippen MR) is 74.9 cm³/mol. The second-order valence-corrected chi connectivity index (χ2v) is 5.51. The van der Waals surface area contributed by atoms with Crippen LogP contribution in [0.5, 0.6) is 5.75 Å². The van der Waals surface area contributed by atoms with Crippen LogP contribution in [0, 0.1) is 0 Å². The summed E-state index contributed by atoms with van der Waals surface area (Å²) < 4.78 is 8.50. The summed E-state index contributed by atoms with van der Waals surface area (Å²) in [5, 5.41) is 7.58. The molecule has 3 rings (SSSR count). The zero-order chi connectivity index (χ0) is 13.2. The Kier molecular flexibility index (Phi) is 3.52. The Balaban J connectivity index is 1.67. The van der Waals surface area contributed by atoms with E-state index in [0.717, 1.165) is 35.6 Å². The first-order valence-electron chi connectivity index (χ1n) is 6.22. The van der Waals surface area contributed by atoms with E-state index in [2.05, 4.69) is 43.5 Å². The van der Waals surface area contributed by atoms with Crippen molar-refractivity contribution in [3.8, 4) is 5.75 Å². The van der Waals surface area contributed by atoms with Crippen molar-refractivity contribution in [1.29, 1.82) is 0 Å². The summed E-state index contributed by atoms with van der Waals surface area (Å²) in [6, 6.07) is 4.23. The van der Waals surface area contributed by atoms with Gasteiger partial charge < -0.3 is 10.1 Å². The van der Waals surface area contributed by atoms with Gasteiger partial charge in [0, 0.05) is 30.0 Å². The van der Waals surface area contributed by atoms with E-state index in [1.807, 2.05) is 7.05 Å². The monoisotopic (exact) mass is 322 g/mol. The lowest BCUT2D eigenvalue weighted by Crippen LogP contribution is -2.14. The van der Waals surface area contributed by atoms with Gasteiger partial charge in [0.15, 0.2) is 5.82 Å². The number of aromatic nitrogens is 3. The molecular formula is C13H15BrN4O. The minimum Gasteiger partial charge on any atom is -0.493 e. The van der Waals surface area contributed by atoms with Gasteiger partial charge in [0.1, 0.15) is 12.1 Å². The van der Waals surface area contributed by atoms with Crippen molar-refractivity contribution in [2.24, 2.45) is 7.05 Å². The minimum absolute atomic E-state index is 0.655. The third kappa shape index (κ3) is 2.79. The van der Waals surface area contributed by atoms with Gasteiger partial charge in [0.2, 0.25) is 0 Å². The maximum absolute atomic E-state index is 5.70. The number of hydrogen-bond donors (Lipinski definition) is 1. The standard InChI is InChI=1S/C13H15BrN4O/c1-18-8-16-12(17-18)7-15-6-10-5-11(14)4-9-2-3-19-13(9)10/h4-5,8,15H,2-3,6-7H2,1H3. The third-order valence-corrected chi connectivity index (χ3v) is 3.53. The second kappa shape index (κ2) is 5.30. The zero-order valence-corrected chi connectivity index (χ0v) is 12.3. The first kappa shape index (κ1) is 12.6. The lowest BCUT2D eigenvalue weighted by Gasteiger charge is -2.09. The van der Waals surface area contributed by atoms with Crippen molar-refractivity contribution < 1.29 is 4.74 Å². The quantitative estimate of drug-likeness (QED) is 0.932. The number of aryl methyl sites for hydroxylation is 1.